The summed E-state index contributed by atoms with van der Waals surface area (Å²) in [6.07, 6.45) is 6.19. The van der Waals surface area contributed by atoms with Gasteiger partial charge in [-0.2, -0.15) is 5.10 Å². The van der Waals surface area contributed by atoms with Gasteiger partial charge in [-0.05, 0) is 52.6 Å². The third kappa shape index (κ3) is 3.67. The van der Waals surface area contributed by atoms with Gasteiger partial charge in [0, 0.05) is 49.0 Å². The molecule has 0 unspecified atom stereocenters. The Labute approximate surface area is 210 Å². The van der Waals surface area contributed by atoms with Crippen LogP contribution < -0.4 is 15.6 Å². The van der Waals surface area contributed by atoms with Gasteiger partial charge in [-0.15, -0.1) is 0 Å². The van der Waals surface area contributed by atoms with Crippen LogP contribution in [0.3, 0.4) is 0 Å². The lowest BCUT2D eigenvalue weighted by atomic mass is 10.0. The van der Waals surface area contributed by atoms with Gasteiger partial charge in [-0.1, -0.05) is 48.5 Å². The maximum Gasteiger partial charge on any atom is 0.0817 e. The highest BCUT2D eigenvalue weighted by Crippen LogP contribution is 2.32. The first-order valence-electron chi connectivity index (χ1n) is 12.6. The number of benzene rings is 4. The van der Waals surface area contributed by atoms with Crippen molar-refractivity contribution in [3.05, 3.63) is 103 Å². The Morgan fingerprint density at radius 3 is 2.50 bits per heavy atom. The predicted octanol–water partition coefficient (Wildman–Crippen LogP) is 5.40. The van der Waals surface area contributed by atoms with E-state index in [1.165, 1.54) is 32.9 Å². The third-order valence-corrected chi connectivity index (χ3v) is 7.25. The summed E-state index contributed by atoms with van der Waals surface area (Å²) in [5.41, 5.74) is 9.35. The molecule has 0 saturated carbocycles. The zero-order valence-corrected chi connectivity index (χ0v) is 20.1. The van der Waals surface area contributed by atoms with E-state index < -0.39 is 0 Å². The van der Waals surface area contributed by atoms with Crippen molar-refractivity contribution in [3.8, 4) is 5.69 Å². The molecule has 0 spiro atoms. The molecule has 1 aromatic heterocycles. The van der Waals surface area contributed by atoms with Crippen LogP contribution in [-0.2, 0) is 6.54 Å². The van der Waals surface area contributed by atoms with E-state index in [0.717, 1.165) is 43.1 Å². The van der Waals surface area contributed by atoms with Crippen molar-refractivity contribution in [2.45, 2.75) is 6.54 Å². The number of anilines is 2. The number of hydrogen-bond acceptors (Lipinski definition) is 5. The molecule has 0 aliphatic carbocycles. The molecular weight excluding hydrogens is 444 g/mol. The second-order valence-electron chi connectivity index (χ2n) is 9.46. The predicted molar refractivity (Wildman–Crippen MR) is 148 cm³/mol. The molecule has 0 radical (unpaired) electrons. The van der Waals surface area contributed by atoms with Gasteiger partial charge in [-0.3, -0.25) is 10.4 Å². The van der Waals surface area contributed by atoms with E-state index in [9.17, 15) is 0 Å². The van der Waals surface area contributed by atoms with Crippen LogP contribution in [0.2, 0.25) is 0 Å². The highest BCUT2D eigenvalue weighted by atomic mass is 15.5. The number of nitrogens with one attached hydrogen (secondary N) is 2. The largest absolute Gasteiger partial charge is 0.369 e. The average Bonchev–Trinajstić information content (AvgIpc) is 3.37. The number of hydrazine groups is 1. The van der Waals surface area contributed by atoms with E-state index in [1.807, 2.05) is 6.20 Å². The van der Waals surface area contributed by atoms with E-state index in [4.69, 9.17) is 5.10 Å². The molecular formula is C30H28N6. The summed E-state index contributed by atoms with van der Waals surface area (Å²) in [6, 6.07) is 28.2. The lowest BCUT2D eigenvalue weighted by molar-refractivity contribution is 0.427. The van der Waals surface area contributed by atoms with Crippen LogP contribution in [-0.4, -0.2) is 41.0 Å². The maximum atomic E-state index is 4.83. The van der Waals surface area contributed by atoms with Crippen LogP contribution >= 0.6 is 0 Å². The molecule has 0 amide bonds. The van der Waals surface area contributed by atoms with Gasteiger partial charge in [0.05, 0.1) is 29.8 Å². The summed E-state index contributed by atoms with van der Waals surface area (Å²) >= 11 is 0. The fraction of sp³-hybridized carbons (Fsp3) is 0.167. The second-order valence-corrected chi connectivity index (χ2v) is 9.46. The standard InChI is InChI=1S/C30H28N6/c1-2-6-27-22(4-1)8-9-23-5-3-7-28(30(23)27)36-29-21-35(17-14-24(29)20-32-36)33-25-10-12-26(13-11-25)34-18-15-31-16-19-34/h1-14,17,20,31,33H,15-16,18-19,21H2. The summed E-state index contributed by atoms with van der Waals surface area (Å²) in [7, 11) is 0. The molecule has 3 heterocycles. The Balaban J connectivity index is 1.19. The lowest BCUT2D eigenvalue weighted by Crippen LogP contribution is -2.43. The minimum Gasteiger partial charge on any atom is -0.369 e. The van der Waals surface area contributed by atoms with Crippen molar-refractivity contribution in [3.63, 3.8) is 0 Å². The summed E-state index contributed by atoms with van der Waals surface area (Å²) in [6.45, 7) is 4.91. The van der Waals surface area contributed by atoms with Crippen LogP contribution in [0, 0.1) is 0 Å². The normalized spacial score (nSPS) is 15.4. The maximum absolute atomic E-state index is 4.83. The second kappa shape index (κ2) is 8.73. The molecule has 0 atom stereocenters. The van der Waals surface area contributed by atoms with Gasteiger partial charge in [0.15, 0.2) is 0 Å². The minimum atomic E-state index is 0.715. The van der Waals surface area contributed by atoms with Crippen molar-refractivity contribution in [1.29, 1.82) is 0 Å². The van der Waals surface area contributed by atoms with Crippen LogP contribution in [0.5, 0.6) is 0 Å². The number of piperazine rings is 1. The van der Waals surface area contributed by atoms with Crippen molar-refractivity contribution >= 4 is 39.0 Å². The summed E-state index contributed by atoms with van der Waals surface area (Å²) in [4.78, 5) is 2.43. The van der Waals surface area contributed by atoms with Crippen LogP contribution in [0.1, 0.15) is 11.3 Å². The van der Waals surface area contributed by atoms with Crippen molar-refractivity contribution in [2.24, 2.45) is 0 Å². The monoisotopic (exact) mass is 472 g/mol. The number of hydrogen-bond donors (Lipinski definition) is 2. The molecule has 6 heteroatoms. The summed E-state index contributed by atoms with van der Waals surface area (Å²) in [5.74, 6) is 0. The summed E-state index contributed by atoms with van der Waals surface area (Å²) < 4.78 is 2.11. The Morgan fingerprint density at radius 2 is 1.61 bits per heavy atom. The number of nitrogens with zero attached hydrogens (tertiary/aromatic N) is 4. The number of fused-ring (bicyclic) bond motifs is 4. The van der Waals surface area contributed by atoms with E-state index in [0.29, 0.717) is 6.54 Å². The van der Waals surface area contributed by atoms with Gasteiger partial charge in [0.25, 0.3) is 0 Å². The lowest BCUT2D eigenvalue weighted by Gasteiger charge is -2.30. The first kappa shape index (κ1) is 21.0. The first-order chi connectivity index (χ1) is 17.8. The molecule has 7 rings (SSSR count). The SMILES string of the molecule is C1=CN(Nc2ccc(N3CCNCC3)cc2)Cc2c1cnn2-c1cccc2ccc3ccccc3c12. The third-order valence-electron chi connectivity index (χ3n) is 7.25. The Hall–Kier alpha value is -4.29. The van der Waals surface area contributed by atoms with Gasteiger partial charge >= 0.3 is 0 Å². The van der Waals surface area contributed by atoms with Gasteiger partial charge in [-0.25, -0.2) is 4.68 Å². The zero-order valence-electron chi connectivity index (χ0n) is 20.1. The molecule has 1 saturated heterocycles. The molecule has 4 aromatic carbocycles. The van der Waals surface area contributed by atoms with Crippen LogP contribution in [0.25, 0.3) is 33.3 Å². The first-order valence-corrected chi connectivity index (χ1v) is 12.6. The van der Waals surface area contributed by atoms with Crippen LogP contribution in [0.4, 0.5) is 11.4 Å². The fourth-order valence-corrected chi connectivity index (χ4v) is 5.40. The van der Waals surface area contributed by atoms with E-state index in [-0.39, 0.29) is 0 Å². The molecule has 2 N–H and O–H groups in total. The fourth-order valence-electron chi connectivity index (χ4n) is 5.40. The Kier molecular flexibility index (Phi) is 5.10. The van der Waals surface area contributed by atoms with E-state index in [1.54, 1.807) is 0 Å². The highest BCUT2D eigenvalue weighted by molar-refractivity contribution is 6.11. The van der Waals surface area contributed by atoms with Crippen molar-refractivity contribution in [2.75, 3.05) is 36.5 Å². The minimum absolute atomic E-state index is 0.715. The molecule has 2 aliphatic rings. The molecule has 36 heavy (non-hydrogen) atoms. The van der Waals surface area contributed by atoms with Crippen molar-refractivity contribution < 1.29 is 0 Å². The molecule has 1 fully saturated rings. The Bertz CT molecular complexity index is 1580. The molecule has 0 bridgehead atoms. The van der Waals surface area contributed by atoms with Gasteiger partial charge in [0.1, 0.15) is 0 Å². The quantitative estimate of drug-likeness (QED) is 0.343. The number of rotatable bonds is 4. The average molecular weight is 473 g/mol. The molecule has 6 nitrogen and oxygen atoms in total. The van der Waals surface area contributed by atoms with Crippen molar-refractivity contribution in [1.82, 2.24) is 20.1 Å². The van der Waals surface area contributed by atoms with E-state index in [2.05, 4.69) is 116 Å². The van der Waals surface area contributed by atoms with E-state index >= 15 is 0 Å². The zero-order chi connectivity index (χ0) is 23.9. The summed E-state index contributed by atoms with van der Waals surface area (Å²) in [5, 5.41) is 15.3. The van der Waals surface area contributed by atoms with Crippen LogP contribution in [0.15, 0.2) is 91.3 Å². The topological polar surface area (TPSA) is 48.4 Å². The molecule has 178 valence electrons. The molecule has 5 aromatic rings. The smallest absolute Gasteiger partial charge is 0.0817 e. The highest BCUT2D eigenvalue weighted by Gasteiger charge is 2.19. The van der Waals surface area contributed by atoms with Gasteiger partial charge in [0.2, 0.25) is 0 Å². The van der Waals surface area contributed by atoms with Gasteiger partial charge < -0.3 is 10.2 Å². The Morgan fingerprint density at radius 1 is 0.806 bits per heavy atom. The molecule has 2 aliphatic heterocycles. The number of aromatic nitrogens is 2.